The number of benzene rings is 1. The Morgan fingerprint density at radius 2 is 2.00 bits per heavy atom. The predicted molar refractivity (Wildman–Crippen MR) is 80.0 cm³/mol. The van der Waals surface area contributed by atoms with Crippen molar-refractivity contribution in [2.75, 3.05) is 19.7 Å². The number of aliphatic hydroxyl groups is 1. The smallest absolute Gasteiger partial charge is 0.260 e. The summed E-state index contributed by atoms with van der Waals surface area (Å²) < 4.78 is 5.60. The third kappa shape index (κ3) is 5.21. The summed E-state index contributed by atoms with van der Waals surface area (Å²) in [7, 11) is 0. The maximum absolute atomic E-state index is 12.1. The first-order valence-electron chi connectivity index (χ1n) is 6.93. The Kier molecular flexibility index (Phi) is 5.57. The number of rotatable bonds is 6. The van der Waals surface area contributed by atoms with Crippen LogP contribution in [0.1, 0.15) is 31.9 Å². The van der Waals surface area contributed by atoms with Crippen LogP contribution in [0.4, 0.5) is 0 Å². The van der Waals surface area contributed by atoms with E-state index in [-0.39, 0.29) is 12.5 Å². The van der Waals surface area contributed by atoms with Gasteiger partial charge in [0.25, 0.3) is 5.91 Å². The summed E-state index contributed by atoms with van der Waals surface area (Å²) in [6.45, 7) is 10.1. The molecule has 20 heavy (non-hydrogen) atoms. The number of aryl methyl sites for hydroxylation is 2. The van der Waals surface area contributed by atoms with Gasteiger partial charge >= 0.3 is 0 Å². The van der Waals surface area contributed by atoms with Gasteiger partial charge in [-0.05, 0) is 51.8 Å². The fourth-order valence-electron chi connectivity index (χ4n) is 1.94. The molecule has 0 aliphatic heterocycles. The van der Waals surface area contributed by atoms with E-state index in [1.807, 2.05) is 39.0 Å². The zero-order chi connectivity index (χ0) is 15.3. The number of likely N-dealkylation sites (N-methyl/N-ethyl adjacent to an activating group) is 1. The van der Waals surface area contributed by atoms with Crippen LogP contribution < -0.4 is 4.74 Å². The minimum Gasteiger partial charge on any atom is -0.483 e. The topological polar surface area (TPSA) is 49.8 Å². The van der Waals surface area contributed by atoms with Crippen molar-refractivity contribution in [3.63, 3.8) is 0 Å². The Labute approximate surface area is 121 Å². The first-order valence-corrected chi connectivity index (χ1v) is 6.93. The molecule has 1 rings (SSSR count). The van der Waals surface area contributed by atoms with Crippen LogP contribution in [0.3, 0.4) is 0 Å². The zero-order valence-electron chi connectivity index (χ0n) is 13.1. The van der Waals surface area contributed by atoms with Gasteiger partial charge in [0.1, 0.15) is 5.75 Å². The van der Waals surface area contributed by atoms with Gasteiger partial charge in [-0.15, -0.1) is 0 Å². The first-order chi connectivity index (χ1) is 9.23. The van der Waals surface area contributed by atoms with Crippen molar-refractivity contribution in [3.8, 4) is 5.75 Å². The summed E-state index contributed by atoms with van der Waals surface area (Å²) in [5.74, 6) is 0.619. The molecule has 0 radical (unpaired) electrons. The van der Waals surface area contributed by atoms with E-state index in [4.69, 9.17) is 4.74 Å². The van der Waals surface area contributed by atoms with Crippen LogP contribution in [0.25, 0.3) is 0 Å². The van der Waals surface area contributed by atoms with Crippen molar-refractivity contribution in [2.45, 2.75) is 40.2 Å². The summed E-state index contributed by atoms with van der Waals surface area (Å²) in [5.41, 5.74) is 1.21. The fourth-order valence-corrected chi connectivity index (χ4v) is 1.94. The summed E-state index contributed by atoms with van der Waals surface area (Å²) in [6, 6.07) is 5.91. The molecule has 0 spiro atoms. The minimum absolute atomic E-state index is 0.00574. The van der Waals surface area contributed by atoms with Gasteiger partial charge < -0.3 is 14.7 Å². The van der Waals surface area contributed by atoms with Crippen LogP contribution in [0.5, 0.6) is 5.75 Å². The lowest BCUT2D eigenvalue weighted by Gasteiger charge is -2.28. The number of carbonyl (C=O) groups excluding carboxylic acids is 1. The Morgan fingerprint density at radius 3 is 2.55 bits per heavy atom. The Bertz CT molecular complexity index is 463. The lowest BCUT2D eigenvalue weighted by molar-refractivity contribution is -0.136. The molecule has 0 unspecified atom stereocenters. The van der Waals surface area contributed by atoms with Gasteiger partial charge in [-0.3, -0.25) is 4.79 Å². The van der Waals surface area contributed by atoms with E-state index < -0.39 is 5.60 Å². The highest BCUT2D eigenvalue weighted by Crippen LogP contribution is 2.19. The van der Waals surface area contributed by atoms with E-state index in [0.717, 1.165) is 16.9 Å². The number of ether oxygens (including phenoxy) is 1. The maximum Gasteiger partial charge on any atom is 0.260 e. The van der Waals surface area contributed by atoms with Gasteiger partial charge in [-0.25, -0.2) is 0 Å². The second-order valence-corrected chi connectivity index (χ2v) is 5.78. The van der Waals surface area contributed by atoms with Crippen LogP contribution in [-0.4, -0.2) is 41.2 Å². The molecule has 0 heterocycles. The van der Waals surface area contributed by atoms with E-state index >= 15 is 0 Å². The van der Waals surface area contributed by atoms with Crippen molar-refractivity contribution < 1.29 is 14.6 Å². The third-order valence-corrected chi connectivity index (χ3v) is 3.01. The largest absolute Gasteiger partial charge is 0.483 e. The SMILES string of the molecule is CCN(CC(C)(C)O)C(=O)COc1cc(C)ccc1C. The molecule has 0 bridgehead atoms. The average Bonchev–Trinajstić information content (AvgIpc) is 2.35. The van der Waals surface area contributed by atoms with E-state index in [1.165, 1.54) is 0 Å². The summed E-state index contributed by atoms with van der Waals surface area (Å²) in [4.78, 5) is 13.7. The second-order valence-electron chi connectivity index (χ2n) is 5.78. The average molecular weight is 279 g/mol. The highest BCUT2D eigenvalue weighted by atomic mass is 16.5. The molecule has 1 amide bonds. The van der Waals surface area contributed by atoms with Crippen molar-refractivity contribution >= 4 is 5.91 Å². The van der Waals surface area contributed by atoms with Crippen LogP contribution in [0, 0.1) is 13.8 Å². The molecule has 4 nitrogen and oxygen atoms in total. The van der Waals surface area contributed by atoms with Gasteiger partial charge in [0.2, 0.25) is 0 Å². The van der Waals surface area contributed by atoms with Crippen molar-refractivity contribution in [2.24, 2.45) is 0 Å². The van der Waals surface area contributed by atoms with Gasteiger partial charge in [-0.1, -0.05) is 12.1 Å². The van der Waals surface area contributed by atoms with E-state index in [0.29, 0.717) is 13.1 Å². The van der Waals surface area contributed by atoms with E-state index in [9.17, 15) is 9.90 Å². The standard InChI is InChI=1S/C16H25NO3/c1-6-17(11-16(4,5)19)15(18)10-20-14-9-12(2)7-8-13(14)3/h7-9,19H,6,10-11H2,1-5H3. The lowest BCUT2D eigenvalue weighted by atomic mass is 10.1. The molecule has 1 N–H and O–H groups in total. The fraction of sp³-hybridized carbons (Fsp3) is 0.562. The summed E-state index contributed by atoms with van der Waals surface area (Å²) in [5, 5.41) is 9.80. The molecule has 0 saturated carbocycles. The zero-order valence-corrected chi connectivity index (χ0v) is 13.1. The monoisotopic (exact) mass is 279 g/mol. The highest BCUT2D eigenvalue weighted by molar-refractivity contribution is 5.77. The molecule has 0 fully saturated rings. The minimum atomic E-state index is -0.898. The molecular weight excluding hydrogens is 254 g/mol. The van der Waals surface area contributed by atoms with Crippen LogP contribution in [0.2, 0.25) is 0 Å². The molecule has 1 aromatic rings. The number of hydrogen-bond acceptors (Lipinski definition) is 3. The van der Waals surface area contributed by atoms with Crippen LogP contribution in [0.15, 0.2) is 18.2 Å². The second kappa shape index (κ2) is 6.75. The normalized spacial score (nSPS) is 11.3. The molecule has 0 aliphatic rings. The maximum atomic E-state index is 12.1. The molecule has 112 valence electrons. The quantitative estimate of drug-likeness (QED) is 0.869. The number of amides is 1. The van der Waals surface area contributed by atoms with Crippen molar-refractivity contribution in [3.05, 3.63) is 29.3 Å². The molecule has 0 aromatic heterocycles. The summed E-state index contributed by atoms with van der Waals surface area (Å²) >= 11 is 0. The predicted octanol–water partition coefficient (Wildman–Crippen LogP) is 2.30. The van der Waals surface area contributed by atoms with Crippen LogP contribution >= 0.6 is 0 Å². The van der Waals surface area contributed by atoms with E-state index in [2.05, 4.69) is 0 Å². The molecule has 0 aliphatic carbocycles. The Morgan fingerprint density at radius 1 is 1.35 bits per heavy atom. The summed E-state index contributed by atoms with van der Waals surface area (Å²) in [6.07, 6.45) is 0. The number of carbonyl (C=O) groups is 1. The molecular formula is C16H25NO3. The van der Waals surface area contributed by atoms with Crippen molar-refractivity contribution in [1.29, 1.82) is 0 Å². The van der Waals surface area contributed by atoms with E-state index in [1.54, 1.807) is 18.7 Å². The first kappa shape index (κ1) is 16.5. The van der Waals surface area contributed by atoms with Gasteiger partial charge in [0.15, 0.2) is 6.61 Å². The van der Waals surface area contributed by atoms with Gasteiger partial charge in [0.05, 0.1) is 5.60 Å². The lowest BCUT2D eigenvalue weighted by Crippen LogP contribution is -2.44. The van der Waals surface area contributed by atoms with Gasteiger partial charge in [-0.2, -0.15) is 0 Å². The molecule has 4 heteroatoms. The highest BCUT2D eigenvalue weighted by Gasteiger charge is 2.21. The molecule has 1 aromatic carbocycles. The molecule has 0 saturated heterocycles. The van der Waals surface area contributed by atoms with Crippen LogP contribution in [-0.2, 0) is 4.79 Å². The Balaban J connectivity index is 2.63. The number of hydrogen-bond donors (Lipinski definition) is 1. The Hall–Kier alpha value is -1.55. The number of nitrogens with zero attached hydrogens (tertiary/aromatic N) is 1. The third-order valence-electron chi connectivity index (χ3n) is 3.01. The molecule has 0 atom stereocenters. The van der Waals surface area contributed by atoms with Gasteiger partial charge in [0, 0.05) is 13.1 Å². The van der Waals surface area contributed by atoms with Crippen molar-refractivity contribution in [1.82, 2.24) is 4.90 Å².